The van der Waals surface area contributed by atoms with E-state index in [0.717, 1.165) is 49.8 Å². The third kappa shape index (κ3) is 4.41. The Balaban J connectivity index is 1.55. The Kier molecular flexibility index (Phi) is 5.29. The molecule has 0 bridgehead atoms. The monoisotopic (exact) mass is 332 g/mol. The topological polar surface area (TPSA) is 70.6 Å². The van der Waals surface area contributed by atoms with E-state index >= 15 is 0 Å². The van der Waals surface area contributed by atoms with Crippen molar-refractivity contribution in [3.05, 3.63) is 29.8 Å². The number of methoxy groups -OCH3 is 1. The van der Waals surface area contributed by atoms with E-state index in [1.54, 1.807) is 7.11 Å². The Labute approximate surface area is 143 Å². The van der Waals surface area contributed by atoms with Crippen molar-refractivity contribution in [3.63, 3.8) is 0 Å². The highest BCUT2D eigenvalue weighted by atomic mass is 16.5. The van der Waals surface area contributed by atoms with Gasteiger partial charge >= 0.3 is 6.03 Å². The molecule has 3 rings (SSSR count). The number of amides is 2. The molecule has 0 spiro atoms. The average Bonchev–Trinajstić information content (AvgIpc) is 3.44. The van der Waals surface area contributed by atoms with Gasteiger partial charge in [-0.2, -0.15) is 0 Å². The Morgan fingerprint density at radius 1 is 1.25 bits per heavy atom. The van der Waals surface area contributed by atoms with Crippen LogP contribution in [-0.4, -0.2) is 30.4 Å². The van der Waals surface area contributed by atoms with E-state index in [-0.39, 0.29) is 12.1 Å². The van der Waals surface area contributed by atoms with Gasteiger partial charge in [-0.3, -0.25) is 0 Å². The number of aliphatic hydroxyl groups is 1. The van der Waals surface area contributed by atoms with Crippen LogP contribution in [0.2, 0.25) is 0 Å². The van der Waals surface area contributed by atoms with Crippen molar-refractivity contribution < 1.29 is 14.6 Å². The highest BCUT2D eigenvalue weighted by Gasteiger charge is 2.34. The molecule has 1 aromatic rings. The van der Waals surface area contributed by atoms with Gasteiger partial charge in [0, 0.05) is 6.54 Å². The van der Waals surface area contributed by atoms with Crippen molar-refractivity contribution in [3.8, 4) is 5.75 Å². The number of carbonyl (C=O) groups excluding carboxylic acids is 1. The lowest BCUT2D eigenvalue weighted by atomic mass is 9.85. The van der Waals surface area contributed by atoms with Crippen LogP contribution in [0.25, 0.3) is 0 Å². The molecule has 5 nitrogen and oxygen atoms in total. The number of ether oxygens (including phenoxy) is 1. The predicted molar refractivity (Wildman–Crippen MR) is 93.0 cm³/mol. The van der Waals surface area contributed by atoms with Crippen LogP contribution in [-0.2, 0) is 0 Å². The maximum absolute atomic E-state index is 12.3. The van der Waals surface area contributed by atoms with Crippen LogP contribution in [0.1, 0.15) is 56.6 Å². The van der Waals surface area contributed by atoms with E-state index < -0.39 is 5.60 Å². The van der Waals surface area contributed by atoms with Crippen LogP contribution >= 0.6 is 0 Å². The third-order valence-corrected chi connectivity index (χ3v) is 5.22. The number of benzene rings is 1. The van der Waals surface area contributed by atoms with Gasteiger partial charge in [-0.15, -0.1) is 0 Å². The minimum absolute atomic E-state index is 0.0249. The van der Waals surface area contributed by atoms with Crippen LogP contribution in [0.5, 0.6) is 5.75 Å². The van der Waals surface area contributed by atoms with E-state index in [4.69, 9.17) is 4.74 Å². The summed E-state index contributed by atoms with van der Waals surface area (Å²) < 4.78 is 5.20. The fourth-order valence-corrected chi connectivity index (χ4v) is 3.54. The minimum atomic E-state index is -0.731. The Morgan fingerprint density at radius 2 is 1.92 bits per heavy atom. The van der Waals surface area contributed by atoms with Crippen molar-refractivity contribution in [2.75, 3.05) is 13.7 Å². The van der Waals surface area contributed by atoms with E-state index in [2.05, 4.69) is 10.6 Å². The molecule has 2 saturated carbocycles. The predicted octanol–water partition coefficient (Wildman–Crippen LogP) is 3.14. The number of nitrogens with one attached hydrogen (secondary N) is 2. The standard InChI is InChI=1S/C19H28N2O3/c1-24-16-9-7-15(8-10-16)17(14-5-6-14)21-18(22)20-13-19(23)11-3-2-4-12-19/h7-10,14,17,23H,2-6,11-13H2,1H3,(H2,20,21,22). The summed E-state index contributed by atoms with van der Waals surface area (Å²) in [7, 11) is 1.65. The second-order valence-corrected chi connectivity index (χ2v) is 7.20. The van der Waals surface area contributed by atoms with Gasteiger partial charge in [0.2, 0.25) is 0 Å². The van der Waals surface area contributed by atoms with Crippen molar-refractivity contribution in [2.45, 2.75) is 56.6 Å². The van der Waals surface area contributed by atoms with Gasteiger partial charge < -0.3 is 20.5 Å². The highest BCUT2D eigenvalue weighted by molar-refractivity contribution is 5.74. The molecule has 2 fully saturated rings. The van der Waals surface area contributed by atoms with Crippen molar-refractivity contribution in [1.82, 2.24) is 10.6 Å². The van der Waals surface area contributed by atoms with Crippen LogP contribution < -0.4 is 15.4 Å². The van der Waals surface area contributed by atoms with Gasteiger partial charge in [-0.25, -0.2) is 4.79 Å². The van der Waals surface area contributed by atoms with E-state index in [9.17, 15) is 9.90 Å². The fraction of sp³-hybridized carbons (Fsp3) is 0.632. The second-order valence-electron chi connectivity index (χ2n) is 7.20. The number of urea groups is 1. The quantitative estimate of drug-likeness (QED) is 0.749. The second kappa shape index (κ2) is 7.43. The molecule has 2 aliphatic carbocycles. The van der Waals surface area contributed by atoms with Gasteiger partial charge in [-0.05, 0) is 49.3 Å². The maximum Gasteiger partial charge on any atom is 0.315 e. The summed E-state index contributed by atoms with van der Waals surface area (Å²) in [6.07, 6.45) is 7.08. The highest BCUT2D eigenvalue weighted by Crippen LogP contribution is 2.41. The lowest BCUT2D eigenvalue weighted by molar-refractivity contribution is 0.00711. The molecule has 0 radical (unpaired) electrons. The molecule has 132 valence electrons. The molecule has 5 heteroatoms. The Hall–Kier alpha value is -1.75. The smallest absolute Gasteiger partial charge is 0.315 e. The first-order valence-electron chi connectivity index (χ1n) is 9.00. The lowest BCUT2D eigenvalue weighted by Crippen LogP contribution is -2.48. The number of rotatable bonds is 6. The normalized spacial score (nSPS) is 20.9. The largest absolute Gasteiger partial charge is 0.497 e. The fourth-order valence-electron chi connectivity index (χ4n) is 3.54. The lowest BCUT2D eigenvalue weighted by Gasteiger charge is -2.32. The van der Waals surface area contributed by atoms with E-state index in [0.29, 0.717) is 12.5 Å². The Bertz CT molecular complexity index is 548. The van der Waals surface area contributed by atoms with Crippen LogP contribution in [0.15, 0.2) is 24.3 Å². The summed E-state index contributed by atoms with van der Waals surface area (Å²) in [4.78, 5) is 12.3. The summed E-state index contributed by atoms with van der Waals surface area (Å²) in [6, 6.07) is 7.70. The van der Waals surface area contributed by atoms with Crippen molar-refractivity contribution >= 4 is 6.03 Å². The van der Waals surface area contributed by atoms with Crippen LogP contribution in [0.4, 0.5) is 4.79 Å². The average molecular weight is 332 g/mol. The minimum Gasteiger partial charge on any atom is -0.497 e. The zero-order chi connectivity index (χ0) is 17.0. The summed E-state index contributed by atoms with van der Waals surface area (Å²) in [6.45, 7) is 0.332. The first-order chi connectivity index (χ1) is 11.6. The summed E-state index contributed by atoms with van der Waals surface area (Å²) in [5.74, 6) is 1.32. The third-order valence-electron chi connectivity index (χ3n) is 5.22. The SMILES string of the molecule is COc1ccc(C(NC(=O)NCC2(O)CCCCC2)C2CC2)cc1. The summed E-state index contributed by atoms with van der Waals surface area (Å²) in [5, 5.41) is 16.5. The molecule has 2 amide bonds. The molecule has 0 heterocycles. The molecule has 1 atom stereocenters. The van der Waals surface area contributed by atoms with Crippen molar-refractivity contribution in [2.24, 2.45) is 5.92 Å². The molecule has 24 heavy (non-hydrogen) atoms. The first-order valence-corrected chi connectivity index (χ1v) is 9.00. The molecule has 0 aromatic heterocycles. The molecule has 2 aliphatic rings. The van der Waals surface area contributed by atoms with E-state index in [1.165, 1.54) is 6.42 Å². The summed E-state index contributed by atoms with van der Waals surface area (Å²) in [5.41, 5.74) is 0.370. The maximum atomic E-state index is 12.3. The number of hydrogen-bond acceptors (Lipinski definition) is 3. The summed E-state index contributed by atoms with van der Waals surface area (Å²) >= 11 is 0. The zero-order valence-corrected chi connectivity index (χ0v) is 14.4. The van der Waals surface area contributed by atoms with E-state index in [1.807, 2.05) is 24.3 Å². The van der Waals surface area contributed by atoms with Gasteiger partial charge in [0.1, 0.15) is 5.75 Å². The molecule has 1 aromatic carbocycles. The zero-order valence-electron chi connectivity index (χ0n) is 14.4. The van der Waals surface area contributed by atoms with Crippen LogP contribution in [0, 0.1) is 5.92 Å². The number of hydrogen-bond donors (Lipinski definition) is 3. The van der Waals surface area contributed by atoms with Gasteiger partial charge in [0.15, 0.2) is 0 Å². The molecule has 0 saturated heterocycles. The molecular formula is C19H28N2O3. The van der Waals surface area contributed by atoms with Crippen LogP contribution in [0.3, 0.4) is 0 Å². The molecule has 3 N–H and O–H groups in total. The van der Waals surface area contributed by atoms with Gasteiger partial charge in [-0.1, -0.05) is 31.4 Å². The molecular weight excluding hydrogens is 304 g/mol. The van der Waals surface area contributed by atoms with Crippen molar-refractivity contribution in [1.29, 1.82) is 0 Å². The molecule has 1 unspecified atom stereocenters. The number of carbonyl (C=O) groups is 1. The van der Waals surface area contributed by atoms with Gasteiger partial charge in [0.05, 0.1) is 18.8 Å². The first kappa shape index (κ1) is 17.1. The molecule has 0 aliphatic heterocycles. The van der Waals surface area contributed by atoms with Gasteiger partial charge in [0.25, 0.3) is 0 Å². The Morgan fingerprint density at radius 3 is 2.50 bits per heavy atom.